The van der Waals surface area contributed by atoms with E-state index < -0.39 is 29.7 Å². The fourth-order valence-electron chi connectivity index (χ4n) is 7.85. The van der Waals surface area contributed by atoms with Crippen LogP contribution in [0.15, 0.2) is 54.7 Å². The smallest absolute Gasteiger partial charge is 0.270 e. The van der Waals surface area contributed by atoms with Gasteiger partial charge in [0.25, 0.3) is 23.6 Å². The van der Waals surface area contributed by atoms with Crippen LogP contribution in [-0.4, -0.2) is 105 Å². The van der Waals surface area contributed by atoms with Crippen LogP contribution in [-0.2, 0) is 9.59 Å². The third-order valence-corrected chi connectivity index (χ3v) is 10.8. The first-order valence-corrected chi connectivity index (χ1v) is 19.3. The van der Waals surface area contributed by atoms with Crippen molar-refractivity contribution in [1.82, 2.24) is 34.6 Å². The fraction of sp³-hybridized carbons (Fsp3) is 0.415. The lowest BCUT2D eigenvalue weighted by molar-refractivity contribution is -0.136. The average molecular weight is 762 g/mol. The van der Waals surface area contributed by atoms with E-state index in [1.807, 2.05) is 18.2 Å². The first-order chi connectivity index (χ1) is 27.0. The number of amides is 6. The molecule has 2 aromatic carbocycles. The summed E-state index contributed by atoms with van der Waals surface area (Å²) in [6, 6.07) is 13.3. The first kappa shape index (κ1) is 38.2. The van der Waals surface area contributed by atoms with Gasteiger partial charge in [-0.3, -0.25) is 39.0 Å². The summed E-state index contributed by atoms with van der Waals surface area (Å²) in [7, 11) is 5.30. The van der Waals surface area contributed by atoms with E-state index in [1.165, 1.54) is 0 Å². The molecule has 2 aliphatic heterocycles. The molecule has 56 heavy (non-hydrogen) atoms. The number of nitrogens with zero attached hydrogens (tertiary/aromatic N) is 6. The Balaban J connectivity index is 0.869. The van der Waals surface area contributed by atoms with Crippen molar-refractivity contribution in [3.05, 3.63) is 77.1 Å². The molecule has 4 aromatic rings. The van der Waals surface area contributed by atoms with Crippen molar-refractivity contribution in [2.45, 2.75) is 76.3 Å². The monoisotopic (exact) mass is 761 g/mol. The number of hydrogen-bond acceptors (Lipinski definition) is 10. The molecule has 4 heterocycles. The number of rotatable bonds is 14. The molecular formula is C41H47N9O6. The summed E-state index contributed by atoms with van der Waals surface area (Å²) >= 11 is 0. The molecule has 0 bridgehead atoms. The lowest BCUT2D eigenvalue weighted by atomic mass is 10.0. The molecule has 1 aliphatic carbocycles. The molecule has 15 heteroatoms. The quantitative estimate of drug-likeness (QED) is 0.115. The highest BCUT2D eigenvalue weighted by molar-refractivity contribution is 6.25. The standard InChI is InChI=1S/C41H47N9O6/c1-47(2)39(55)32-23-26-24-43-41(46-35(26)49(32)28-11-6-7-12-28)44-27-17-15-25(16-18-27)37(53)48(3)22-9-5-4-8-21-42-30-14-10-13-29-34(30)40(56)50(38(29)54)31-19-20-33(51)45-36(31)52/h10,13-18,23-24,28,31,42H,4-9,11-12,19-22H2,1-3H3,(H,43,44,46)(H,45,51,52). The lowest BCUT2D eigenvalue weighted by Crippen LogP contribution is -2.54. The van der Waals surface area contributed by atoms with E-state index in [1.54, 1.807) is 67.5 Å². The van der Waals surface area contributed by atoms with E-state index in [2.05, 4.69) is 25.5 Å². The van der Waals surface area contributed by atoms with Crippen LogP contribution >= 0.6 is 0 Å². The number of nitrogens with one attached hydrogen (secondary N) is 3. The van der Waals surface area contributed by atoms with Crippen LogP contribution in [0.1, 0.15) is 112 Å². The van der Waals surface area contributed by atoms with Crippen molar-refractivity contribution in [3.63, 3.8) is 0 Å². The summed E-state index contributed by atoms with van der Waals surface area (Å²) < 4.78 is 2.08. The molecule has 1 unspecified atom stereocenters. The second kappa shape index (κ2) is 16.3. The Hall–Kier alpha value is -6.12. The maximum Gasteiger partial charge on any atom is 0.270 e. The Morgan fingerprint density at radius 1 is 0.893 bits per heavy atom. The van der Waals surface area contributed by atoms with E-state index in [-0.39, 0.29) is 41.8 Å². The summed E-state index contributed by atoms with van der Waals surface area (Å²) in [5.41, 5.74) is 3.70. The molecule has 7 rings (SSSR count). The summed E-state index contributed by atoms with van der Waals surface area (Å²) in [6.07, 6.45) is 9.61. The van der Waals surface area contributed by atoms with Crippen LogP contribution in [0.2, 0.25) is 0 Å². The Bertz CT molecular complexity index is 2190. The Morgan fingerprint density at radius 3 is 2.38 bits per heavy atom. The van der Waals surface area contributed by atoms with Crippen molar-refractivity contribution < 1.29 is 28.8 Å². The fourth-order valence-corrected chi connectivity index (χ4v) is 7.85. The molecule has 1 atom stereocenters. The van der Waals surface area contributed by atoms with Gasteiger partial charge in [-0.15, -0.1) is 0 Å². The molecule has 292 valence electrons. The minimum atomic E-state index is -1.01. The highest BCUT2D eigenvalue weighted by Crippen LogP contribution is 2.35. The number of benzene rings is 2. The number of anilines is 3. The summed E-state index contributed by atoms with van der Waals surface area (Å²) in [5.74, 6) is -1.83. The molecule has 3 aliphatic rings. The SMILES string of the molecule is CN(C)C(=O)c1cc2cnc(Nc3ccc(C(=O)N(C)CCCCCCNc4cccc5c4C(=O)N(C4CCC(=O)NC4=O)C5=O)cc3)nc2n1C1CCCC1. The minimum Gasteiger partial charge on any atom is -0.384 e. The minimum absolute atomic E-state index is 0.0579. The zero-order valence-corrected chi connectivity index (χ0v) is 32.0. The van der Waals surface area contributed by atoms with Crippen LogP contribution in [0.5, 0.6) is 0 Å². The van der Waals surface area contributed by atoms with E-state index in [0.717, 1.165) is 73.0 Å². The number of hydrogen-bond donors (Lipinski definition) is 3. The van der Waals surface area contributed by atoms with Gasteiger partial charge in [0, 0.05) is 75.2 Å². The predicted molar refractivity (Wildman–Crippen MR) is 210 cm³/mol. The maximum absolute atomic E-state index is 13.3. The Labute approximate surface area is 324 Å². The molecule has 2 aromatic heterocycles. The number of fused-ring (bicyclic) bond motifs is 2. The molecule has 0 radical (unpaired) electrons. The second-order valence-corrected chi connectivity index (χ2v) is 15.0. The van der Waals surface area contributed by atoms with Crippen molar-refractivity contribution in [3.8, 4) is 0 Å². The zero-order valence-electron chi connectivity index (χ0n) is 32.0. The van der Waals surface area contributed by atoms with Gasteiger partial charge in [0.1, 0.15) is 17.4 Å². The molecule has 2 fully saturated rings. The second-order valence-electron chi connectivity index (χ2n) is 15.0. The molecular weight excluding hydrogens is 715 g/mol. The van der Waals surface area contributed by atoms with Crippen LogP contribution in [0.4, 0.5) is 17.3 Å². The topological polar surface area (TPSA) is 179 Å². The first-order valence-electron chi connectivity index (χ1n) is 19.3. The molecule has 6 amide bonds. The van der Waals surface area contributed by atoms with Crippen LogP contribution < -0.4 is 16.0 Å². The Kier molecular flexibility index (Phi) is 11.1. The summed E-state index contributed by atoms with van der Waals surface area (Å²) in [4.78, 5) is 90.2. The molecule has 3 N–H and O–H groups in total. The van der Waals surface area contributed by atoms with Crippen molar-refractivity contribution in [2.24, 2.45) is 0 Å². The average Bonchev–Trinajstić information content (AvgIpc) is 3.91. The van der Waals surface area contributed by atoms with Gasteiger partial charge >= 0.3 is 0 Å². The van der Waals surface area contributed by atoms with E-state index in [4.69, 9.17) is 4.98 Å². The van der Waals surface area contributed by atoms with Crippen LogP contribution in [0.3, 0.4) is 0 Å². The van der Waals surface area contributed by atoms with Gasteiger partial charge in [-0.05, 0) is 74.6 Å². The van der Waals surface area contributed by atoms with Gasteiger partial charge in [0.15, 0.2) is 0 Å². The molecule has 0 spiro atoms. The number of carbonyl (C=O) groups is 6. The largest absolute Gasteiger partial charge is 0.384 e. The van der Waals surface area contributed by atoms with Gasteiger partial charge in [0.2, 0.25) is 17.8 Å². The predicted octanol–water partition coefficient (Wildman–Crippen LogP) is 5.14. The number of imide groups is 2. The number of unbranched alkanes of at least 4 members (excludes halogenated alkanes) is 3. The van der Waals surface area contributed by atoms with Gasteiger partial charge in [-0.2, -0.15) is 4.98 Å². The van der Waals surface area contributed by atoms with Gasteiger partial charge in [-0.1, -0.05) is 31.7 Å². The van der Waals surface area contributed by atoms with Gasteiger partial charge in [-0.25, -0.2) is 4.98 Å². The number of aromatic nitrogens is 3. The molecule has 15 nitrogen and oxygen atoms in total. The van der Waals surface area contributed by atoms with E-state index in [9.17, 15) is 28.8 Å². The van der Waals surface area contributed by atoms with Gasteiger partial charge < -0.3 is 25.0 Å². The summed E-state index contributed by atoms with van der Waals surface area (Å²) in [6.45, 7) is 1.17. The summed E-state index contributed by atoms with van der Waals surface area (Å²) in [5, 5.41) is 9.57. The van der Waals surface area contributed by atoms with Gasteiger partial charge in [0.05, 0.1) is 11.1 Å². The van der Waals surface area contributed by atoms with Crippen LogP contribution in [0, 0.1) is 0 Å². The van der Waals surface area contributed by atoms with E-state index in [0.29, 0.717) is 36.0 Å². The van der Waals surface area contributed by atoms with Crippen LogP contribution in [0.25, 0.3) is 11.0 Å². The number of piperidine rings is 1. The van der Waals surface area contributed by atoms with E-state index >= 15 is 0 Å². The van der Waals surface area contributed by atoms with Crippen molar-refractivity contribution in [1.29, 1.82) is 0 Å². The number of carbonyl (C=O) groups excluding carboxylic acids is 6. The molecule has 1 saturated heterocycles. The zero-order chi connectivity index (χ0) is 39.5. The maximum atomic E-state index is 13.3. The Morgan fingerprint density at radius 2 is 1.64 bits per heavy atom. The molecule has 1 saturated carbocycles. The van der Waals surface area contributed by atoms with Crippen molar-refractivity contribution >= 4 is 63.8 Å². The highest BCUT2D eigenvalue weighted by Gasteiger charge is 2.45. The third-order valence-electron chi connectivity index (χ3n) is 10.8. The normalized spacial score (nSPS) is 17.0. The highest BCUT2D eigenvalue weighted by atomic mass is 16.2. The van der Waals surface area contributed by atoms with Crippen molar-refractivity contribution in [2.75, 3.05) is 44.9 Å². The lowest BCUT2D eigenvalue weighted by Gasteiger charge is -2.27. The third kappa shape index (κ3) is 7.70.